The van der Waals surface area contributed by atoms with Gasteiger partial charge in [-0.3, -0.25) is 0 Å². The van der Waals surface area contributed by atoms with E-state index in [1.54, 1.807) is 11.1 Å². The fourth-order valence-corrected chi connectivity index (χ4v) is 4.72. The molecule has 1 amide bonds. The van der Waals surface area contributed by atoms with Crippen LogP contribution in [0.4, 0.5) is 16.2 Å². The second kappa shape index (κ2) is 8.90. The molecule has 0 bridgehead atoms. The van der Waals surface area contributed by atoms with E-state index in [1.165, 1.54) is 18.4 Å². The first-order chi connectivity index (χ1) is 15.7. The molecular formula is C24H27N3O5S. The minimum absolute atomic E-state index is 0.169. The van der Waals surface area contributed by atoms with E-state index in [4.69, 9.17) is 14.2 Å². The Hall–Kier alpha value is -3.33. The quantitative estimate of drug-likeness (QED) is 0.518. The summed E-state index contributed by atoms with van der Waals surface area (Å²) < 4.78 is 17.4. The third-order valence-electron chi connectivity index (χ3n) is 5.14. The van der Waals surface area contributed by atoms with Crippen LogP contribution in [0.2, 0.25) is 0 Å². The molecule has 33 heavy (non-hydrogen) atoms. The highest BCUT2D eigenvalue weighted by atomic mass is 32.1. The molecule has 2 aromatic heterocycles. The molecule has 0 unspecified atom stereocenters. The molecule has 1 saturated heterocycles. The lowest BCUT2D eigenvalue weighted by molar-refractivity contribution is -0.0230. The van der Waals surface area contributed by atoms with Crippen molar-refractivity contribution in [3.63, 3.8) is 0 Å². The second-order valence-electron chi connectivity index (χ2n) is 8.83. The summed E-state index contributed by atoms with van der Waals surface area (Å²) in [7, 11) is 1.38. The average Bonchev–Trinajstić information content (AvgIpc) is 3.07. The van der Waals surface area contributed by atoms with E-state index in [9.17, 15) is 9.59 Å². The van der Waals surface area contributed by atoms with Gasteiger partial charge in [-0.1, -0.05) is 6.07 Å². The number of aryl methyl sites for hydroxylation is 1. The number of esters is 1. The molecule has 8 nitrogen and oxygen atoms in total. The zero-order valence-corrected chi connectivity index (χ0v) is 20.1. The number of nitrogens with one attached hydrogen (secondary N) is 1. The predicted octanol–water partition coefficient (Wildman–Crippen LogP) is 5.13. The zero-order chi connectivity index (χ0) is 23.8. The van der Waals surface area contributed by atoms with Crippen molar-refractivity contribution in [2.45, 2.75) is 39.4 Å². The van der Waals surface area contributed by atoms with Gasteiger partial charge in [0, 0.05) is 22.0 Å². The third kappa shape index (κ3) is 4.88. The van der Waals surface area contributed by atoms with Crippen LogP contribution >= 0.6 is 11.3 Å². The van der Waals surface area contributed by atoms with Crippen LogP contribution in [0.1, 0.15) is 36.0 Å². The second-order valence-corrected chi connectivity index (χ2v) is 9.88. The van der Waals surface area contributed by atoms with Crippen LogP contribution in [0.25, 0.3) is 10.1 Å². The number of anilines is 2. The fourth-order valence-electron chi connectivity index (χ4n) is 3.57. The molecule has 174 valence electrons. The maximum absolute atomic E-state index is 12.2. The lowest BCUT2D eigenvalue weighted by atomic mass is 10.1. The molecule has 1 fully saturated rings. The monoisotopic (exact) mass is 469 g/mol. The molecule has 4 rings (SSSR count). The molecule has 3 aromatic rings. The molecular weight excluding hydrogens is 442 g/mol. The first kappa shape index (κ1) is 22.8. The summed E-state index contributed by atoms with van der Waals surface area (Å²) in [6, 6.07) is 9.57. The highest BCUT2D eigenvalue weighted by Crippen LogP contribution is 2.38. The summed E-state index contributed by atoms with van der Waals surface area (Å²) in [5.41, 5.74) is 1.88. The van der Waals surface area contributed by atoms with E-state index in [0.29, 0.717) is 29.5 Å². The Morgan fingerprint density at radius 3 is 2.58 bits per heavy atom. The number of likely N-dealkylation sites (tertiary alicyclic amines) is 1. The van der Waals surface area contributed by atoms with E-state index >= 15 is 0 Å². The van der Waals surface area contributed by atoms with Crippen molar-refractivity contribution in [1.29, 1.82) is 0 Å². The SMILES string of the molecule is COC(=O)c1sc2cccc(Nc3cccnc3OC3CN(C(=O)OC(C)(C)C)C3)c2c1C. The molecule has 1 N–H and O–H groups in total. The molecule has 0 spiro atoms. The number of nitrogens with zero attached hydrogens (tertiary/aromatic N) is 2. The van der Waals surface area contributed by atoms with Gasteiger partial charge >= 0.3 is 12.1 Å². The number of carbonyl (C=O) groups excluding carboxylic acids is 2. The summed E-state index contributed by atoms with van der Waals surface area (Å²) in [5.74, 6) is 0.106. The highest BCUT2D eigenvalue weighted by Gasteiger charge is 2.35. The number of ether oxygens (including phenoxy) is 3. The minimum Gasteiger partial charge on any atom is -0.469 e. The van der Waals surface area contributed by atoms with Gasteiger partial charge in [0.1, 0.15) is 22.3 Å². The Labute approximate surface area is 196 Å². The van der Waals surface area contributed by atoms with Crippen molar-refractivity contribution in [3.8, 4) is 5.88 Å². The van der Waals surface area contributed by atoms with Crippen LogP contribution in [0.5, 0.6) is 5.88 Å². The largest absolute Gasteiger partial charge is 0.469 e. The van der Waals surface area contributed by atoms with E-state index in [1.807, 2.05) is 58.0 Å². The molecule has 3 heterocycles. The Morgan fingerprint density at radius 1 is 1.15 bits per heavy atom. The van der Waals surface area contributed by atoms with Gasteiger partial charge in [0.05, 0.1) is 20.2 Å². The smallest absolute Gasteiger partial charge is 0.410 e. The summed E-state index contributed by atoms with van der Waals surface area (Å²) in [4.78, 5) is 30.9. The maximum Gasteiger partial charge on any atom is 0.410 e. The average molecular weight is 470 g/mol. The standard InChI is InChI=1S/C24H27N3O5S/c1-14-19-16(8-6-10-18(19)33-20(14)22(28)30-5)26-17-9-7-11-25-21(17)31-15-12-27(13-15)23(29)32-24(2,3)4/h6-11,15,26H,12-13H2,1-5H3. The molecule has 1 aromatic carbocycles. The Morgan fingerprint density at radius 2 is 1.88 bits per heavy atom. The third-order valence-corrected chi connectivity index (χ3v) is 6.38. The van der Waals surface area contributed by atoms with Crippen LogP contribution in [0.15, 0.2) is 36.5 Å². The van der Waals surface area contributed by atoms with E-state index in [2.05, 4.69) is 10.3 Å². The maximum atomic E-state index is 12.2. The van der Waals surface area contributed by atoms with Gasteiger partial charge in [-0.15, -0.1) is 11.3 Å². The number of rotatable bonds is 5. The van der Waals surface area contributed by atoms with E-state index in [0.717, 1.165) is 21.3 Å². The van der Waals surface area contributed by atoms with Gasteiger partial charge in [0.25, 0.3) is 0 Å². The fraction of sp³-hybridized carbons (Fsp3) is 0.375. The van der Waals surface area contributed by atoms with Crippen molar-refractivity contribution in [1.82, 2.24) is 9.88 Å². The van der Waals surface area contributed by atoms with Crippen molar-refractivity contribution in [2.24, 2.45) is 0 Å². The number of thiophene rings is 1. The van der Waals surface area contributed by atoms with Crippen LogP contribution in [0.3, 0.4) is 0 Å². The lowest BCUT2D eigenvalue weighted by Gasteiger charge is -2.39. The van der Waals surface area contributed by atoms with Crippen LogP contribution in [-0.2, 0) is 9.47 Å². The first-order valence-corrected chi connectivity index (χ1v) is 11.4. The molecule has 1 aliphatic heterocycles. The molecule has 0 saturated carbocycles. The van der Waals surface area contributed by atoms with Crippen LogP contribution in [0, 0.1) is 6.92 Å². The first-order valence-electron chi connectivity index (χ1n) is 10.6. The molecule has 0 radical (unpaired) electrons. The lowest BCUT2D eigenvalue weighted by Crippen LogP contribution is -2.57. The van der Waals surface area contributed by atoms with E-state index in [-0.39, 0.29) is 18.2 Å². The number of fused-ring (bicyclic) bond motifs is 1. The van der Waals surface area contributed by atoms with Gasteiger partial charge in [-0.05, 0) is 57.5 Å². The van der Waals surface area contributed by atoms with Crippen molar-refractivity contribution in [2.75, 3.05) is 25.5 Å². The number of hydrogen-bond acceptors (Lipinski definition) is 8. The minimum atomic E-state index is -0.532. The number of hydrogen-bond donors (Lipinski definition) is 1. The van der Waals surface area contributed by atoms with Crippen molar-refractivity contribution < 1.29 is 23.8 Å². The van der Waals surface area contributed by atoms with Crippen molar-refractivity contribution >= 4 is 44.9 Å². The highest BCUT2D eigenvalue weighted by molar-refractivity contribution is 7.21. The van der Waals surface area contributed by atoms with Crippen LogP contribution in [-0.4, -0.2) is 53.9 Å². The topological polar surface area (TPSA) is 90.0 Å². The Balaban J connectivity index is 1.51. The van der Waals surface area contributed by atoms with Gasteiger partial charge in [0.15, 0.2) is 0 Å². The number of amides is 1. The summed E-state index contributed by atoms with van der Waals surface area (Å²) in [6.45, 7) is 8.31. The molecule has 9 heteroatoms. The number of methoxy groups -OCH3 is 1. The van der Waals surface area contributed by atoms with Gasteiger partial charge in [-0.2, -0.15) is 0 Å². The molecule has 0 atom stereocenters. The Bertz CT molecular complexity index is 1190. The molecule has 0 aliphatic carbocycles. The summed E-state index contributed by atoms with van der Waals surface area (Å²) in [5, 5.41) is 4.36. The van der Waals surface area contributed by atoms with Crippen LogP contribution < -0.4 is 10.1 Å². The predicted molar refractivity (Wildman–Crippen MR) is 128 cm³/mol. The van der Waals surface area contributed by atoms with Gasteiger partial charge in [0.2, 0.25) is 5.88 Å². The zero-order valence-electron chi connectivity index (χ0n) is 19.3. The van der Waals surface area contributed by atoms with Gasteiger partial charge < -0.3 is 24.4 Å². The van der Waals surface area contributed by atoms with E-state index < -0.39 is 5.60 Å². The van der Waals surface area contributed by atoms with Crippen molar-refractivity contribution in [3.05, 3.63) is 47.0 Å². The number of pyridine rings is 1. The number of carbonyl (C=O) groups is 2. The normalized spacial score (nSPS) is 14.0. The molecule has 1 aliphatic rings. The Kier molecular flexibility index (Phi) is 6.16. The summed E-state index contributed by atoms with van der Waals surface area (Å²) >= 11 is 1.40. The summed E-state index contributed by atoms with van der Waals surface area (Å²) in [6.07, 6.45) is 1.15. The number of aromatic nitrogens is 1. The number of benzene rings is 1. The van der Waals surface area contributed by atoms with Gasteiger partial charge in [-0.25, -0.2) is 14.6 Å².